The zero-order valence-corrected chi connectivity index (χ0v) is 30.8. The van der Waals surface area contributed by atoms with Crippen molar-refractivity contribution in [3.05, 3.63) is 59.7 Å². The Morgan fingerprint density at radius 3 is 1.45 bits per heavy atom. The number of benzene rings is 2. The van der Waals surface area contributed by atoms with E-state index in [1.165, 1.54) is 48.3 Å². The third-order valence-corrected chi connectivity index (χ3v) is 11.1. The molecule has 2 heterocycles. The maximum absolute atomic E-state index is 12.5. The van der Waals surface area contributed by atoms with Crippen LogP contribution in [0.2, 0.25) is 0 Å². The Morgan fingerprint density at radius 1 is 0.706 bits per heavy atom. The van der Waals surface area contributed by atoms with Gasteiger partial charge in [0.25, 0.3) is 0 Å². The van der Waals surface area contributed by atoms with Gasteiger partial charge in [0.15, 0.2) is 19.7 Å². The number of hydrogen-bond acceptors (Lipinski definition) is 12. The summed E-state index contributed by atoms with van der Waals surface area (Å²) in [5.41, 5.74) is 1.39. The molecule has 1 N–H and O–H groups in total. The summed E-state index contributed by atoms with van der Waals surface area (Å²) < 4.78 is 60.8. The molecule has 0 spiro atoms. The second-order valence-electron chi connectivity index (χ2n) is 12.3. The summed E-state index contributed by atoms with van der Waals surface area (Å²) >= 11 is 0. The fourth-order valence-corrected chi connectivity index (χ4v) is 7.38. The molecular formula is C34H44N2O13S2. The quantitative estimate of drug-likeness (QED) is 0.220. The third kappa shape index (κ3) is 11.0. The van der Waals surface area contributed by atoms with Gasteiger partial charge in [-0.25, -0.2) is 26.4 Å². The average molecular weight is 753 g/mol. The van der Waals surface area contributed by atoms with E-state index in [2.05, 4.69) is 0 Å². The largest absolute Gasteiger partial charge is 0.481 e. The Kier molecular flexibility index (Phi) is 14.1. The normalized spacial score (nSPS) is 20.6. The van der Waals surface area contributed by atoms with E-state index in [-0.39, 0.29) is 41.6 Å². The molecule has 280 valence electrons. The number of methoxy groups -OCH3 is 2. The highest BCUT2D eigenvalue weighted by Gasteiger charge is 2.38. The Labute approximate surface area is 297 Å². The lowest BCUT2D eigenvalue weighted by Crippen LogP contribution is -2.43. The number of carbonyl (C=O) groups excluding carboxylic acids is 4. The molecule has 2 fully saturated rings. The number of Topliss-reactive ketones (excluding diaryl/α,β-unsaturated/α-hetero) is 1. The van der Waals surface area contributed by atoms with Gasteiger partial charge >= 0.3 is 24.1 Å². The molecule has 4 unspecified atom stereocenters. The molecule has 2 aromatic rings. The number of piperidine rings is 2. The molecule has 17 heteroatoms. The number of nitrogens with zero attached hydrogens (tertiary/aromatic N) is 2. The minimum atomic E-state index is -3.34. The van der Waals surface area contributed by atoms with Crippen LogP contribution in [0, 0.1) is 11.8 Å². The highest BCUT2D eigenvalue weighted by atomic mass is 32.2. The molecule has 51 heavy (non-hydrogen) atoms. The number of esters is 1. The van der Waals surface area contributed by atoms with Gasteiger partial charge in [0.1, 0.15) is 12.2 Å². The van der Waals surface area contributed by atoms with Gasteiger partial charge < -0.3 is 29.1 Å². The first kappa shape index (κ1) is 40.9. The second-order valence-corrected chi connectivity index (χ2v) is 16.3. The number of amides is 2. The fourth-order valence-electron chi connectivity index (χ4n) is 6.12. The van der Waals surface area contributed by atoms with Crippen LogP contribution < -0.4 is 0 Å². The van der Waals surface area contributed by atoms with E-state index in [9.17, 15) is 45.9 Å². The number of likely N-dealkylation sites (tertiary alicyclic amines) is 2. The van der Waals surface area contributed by atoms with E-state index < -0.39 is 67.7 Å². The molecule has 4 rings (SSSR count). The van der Waals surface area contributed by atoms with Crippen LogP contribution in [-0.2, 0) is 48.3 Å². The van der Waals surface area contributed by atoms with Gasteiger partial charge in [-0.15, -0.1) is 0 Å². The number of carbonyl (C=O) groups is 5. The highest BCUT2D eigenvalue weighted by molar-refractivity contribution is 7.91. The molecule has 15 nitrogen and oxygen atoms in total. The summed E-state index contributed by atoms with van der Waals surface area (Å²) in [6.45, 7) is 2.46. The summed E-state index contributed by atoms with van der Waals surface area (Å²) in [6.07, 6.45) is 2.27. The second kappa shape index (κ2) is 17.6. The zero-order valence-electron chi connectivity index (χ0n) is 29.1. The van der Waals surface area contributed by atoms with Crippen LogP contribution in [0.15, 0.2) is 58.3 Å². The first-order valence-electron chi connectivity index (χ1n) is 16.1. The lowest BCUT2D eigenvalue weighted by atomic mass is 9.84. The predicted octanol–water partition coefficient (Wildman–Crippen LogP) is 3.83. The topological polar surface area (TPSA) is 208 Å². The van der Waals surface area contributed by atoms with E-state index in [0.29, 0.717) is 36.9 Å². The van der Waals surface area contributed by atoms with Gasteiger partial charge in [-0.05, 0) is 68.0 Å². The van der Waals surface area contributed by atoms with Crippen LogP contribution in [0.5, 0.6) is 0 Å². The smallest absolute Gasteiger partial charge is 0.409 e. The SMILES string of the molecule is CCOC(=O)CC(=O)C1CCN(C(=O)OC)C(c2ccc(S(C)(=O)=O)cc2)C1.COC(=O)N1CCC(C(=O)O)CC1c1ccc(S(C)(=O)=O)cc1. The number of ketones is 1. The lowest BCUT2D eigenvalue weighted by molar-refractivity contribution is -0.147. The van der Waals surface area contributed by atoms with E-state index in [0.717, 1.165) is 12.5 Å². The van der Waals surface area contributed by atoms with Crippen molar-refractivity contribution in [1.29, 1.82) is 0 Å². The Hall–Kier alpha value is -4.51. The van der Waals surface area contributed by atoms with Gasteiger partial charge in [-0.1, -0.05) is 24.3 Å². The van der Waals surface area contributed by atoms with E-state index >= 15 is 0 Å². The average Bonchev–Trinajstić information content (AvgIpc) is 3.10. The number of rotatable bonds is 9. The maximum atomic E-state index is 12.5. The summed E-state index contributed by atoms with van der Waals surface area (Å²) in [6, 6.07) is 11.5. The van der Waals surface area contributed by atoms with E-state index in [1.54, 1.807) is 31.2 Å². The standard InChI is InChI=1S/C19H25NO7S.C15H19NO6S/c1-4-27-18(22)12-17(21)14-9-10-20(19(23)26-2)16(11-14)13-5-7-15(8-6-13)28(3,24)25;1-22-15(19)16-8-7-11(14(17)18)9-13(16)10-3-5-12(6-4-10)23(2,20)21/h5-8,14,16H,4,9-12H2,1-3H3;3-6,11,13H,7-9H2,1-2H3,(H,17,18). The molecule has 0 aromatic heterocycles. The minimum Gasteiger partial charge on any atom is -0.481 e. The Morgan fingerprint density at radius 2 is 1.10 bits per heavy atom. The molecule has 0 radical (unpaired) electrons. The van der Waals surface area contributed by atoms with E-state index in [4.69, 9.17) is 14.2 Å². The van der Waals surface area contributed by atoms with E-state index in [1.807, 2.05) is 0 Å². The predicted molar refractivity (Wildman–Crippen MR) is 182 cm³/mol. The van der Waals surface area contributed by atoms with Crippen LogP contribution in [0.3, 0.4) is 0 Å². The highest BCUT2D eigenvalue weighted by Crippen LogP contribution is 2.37. The molecule has 4 atom stereocenters. The summed E-state index contributed by atoms with van der Waals surface area (Å²) in [7, 11) is -4.09. The third-order valence-electron chi connectivity index (χ3n) is 8.84. The van der Waals surface area contributed by atoms with Crippen LogP contribution >= 0.6 is 0 Å². The van der Waals surface area contributed by atoms with Crippen molar-refractivity contribution in [3.63, 3.8) is 0 Å². The molecule has 2 aliphatic rings. The van der Waals surface area contributed by atoms with Gasteiger partial charge in [0.2, 0.25) is 0 Å². The van der Waals surface area contributed by atoms with Gasteiger partial charge in [0, 0.05) is 31.5 Å². The Bertz CT molecular complexity index is 1790. The van der Waals surface area contributed by atoms with Crippen molar-refractivity contribution in [2.75, 3.05) is 46.4 Å². The van der Waals surface area contributed by atoms with Gasteiger partial charge in [-0.2, -0.15) is 0 Å². The maximum Gasteiger partial charge on any atom is 0.409 e. The molecule has 2 saturated heterocycles. The number of ether oxygens (including phenoxy) is 3. The molecule has 0 bridgehead atoms. The van der Waals surface area contributed by atoms with Crippen molar-refractivity contribution >= 4 is 49.6 Å². The number of aliphatic carboxylic acids is 1. The number of hydrogen-bond donors (Lipinski definition) is 1. The summed E-state index contributed by atoms with van der Waals surface area (Å²) in [4.78, 5) is 62.8. The summed E-state index contributed by atoms with van der Waals surface area (Å²) in [5, 5.41) is 9.22. The number of sulfone groups is 2. The van der Waals surface area contributed by atoms with Crippen molar-refractivity contribution in [3.8, 4) is 0 Å². The molecule has 2 aromatic carbocycles. The number of carboxylic acids is 1. The van der Waals surface area contributed by atoms with Crippen molar-refractivity contribution in [2.45, 2.75) is 60.9 Å². The van der Waals surface area contributed by atoms with Gasteiger partial charge in [0.05, 0.1) is 48.6 Å². The van der Waals surface area contributed by atoms with Crippen molar-refractivity contribution in [1.82, 2.24) is 9.80 Å². The van der Waals surface area contributed by atoms with Crippen LogP contribution in [0.1, 0.15) is 62.2 Å². The first-order valence-corrected chi connectivity index (χ1v) is 19.9. The van der Waals surface area contributed by atoms with Crippen molar-refractivity contribution in [2.24, 2.45) is 11.8 Å². The number of carboxylic acid groups (broad SMARTS) is 1. The molecule has 2 aliphatic heterocycles. The first-order chi connectivity index (χ1) is 23.9. The molecular weight excluding hydrogens is 709 g/mol. The van der Waals surface area contributed by atoms with Crippen LogP contribution in [-0.4, -0.2) is 108 Å². The zero-order chi connectivity index (χ0) is 38.1. The summed E-state index contributed by atoms with van der Waals surface area (Å²) in [5.74, 6) is -2.62. The Balaban J connectivity index is 0.000000281. The fraction of sp³-hybridized carbons (Fsp3) is 0.500. The van der Waals surface area contributed by atoms with Crippen LogP contribution in [0.25, 0.3) is 0 Å². The molecule has 2 amide bonds. The van der Waals surface area contributed by atoms with Crippen molar-refractivity contribution < 1.29 is 60.1 Å². The minimum absolute atomic E-state index is 0.173. The lowest BCUT2D eigenvalue weighted by Gasteiger charge is -2.38. The monoisotopic (exact) mass is 752 g/mol. The molecule has 0 saturated carbocycles. The van der Waals surface area contributed by atoms with Gasteiger partial charge in [-0.3, -0.25) is 14.4 Å². The molecule has 0 aliphatic carbocycles. The van der Waals surface area contributed by atoms with Crippen LogP contribution in [0.4, 0.5) is 9.59 Å².